The third-order valence-corrected chi connectivity index (χ3v) is 3.81. The summed E-state index contributed by atoms with van der Waals surface area (Å²) < 4.78 is 5.40. The van der Waals surface area contributed by atoms with Crippen LogP contribution in [-0.4, -0.2) is 21.9 Å². The normalized spacial score (nSPS) is 10.9. The molecule has 0 aliphatic rings. The number of carbonyl (C=O) groups is 1. The largest absolute Gasteiger partial charge is 0.416 e. The van der Waals surface area contributed by atoms with Crippen molar-refractivity contribution in [2.45, 2.75) is 25.0 Å². The molecule has 2 aromatic rings. The van der Waals surface area contributed by atoms with E-state index in [1.807, 2.05) is 13.8 Å². The van der Waals surface area contributed by atoms with E-state index < -0.39 is 0 Å². The molecule has 0 radical (unpaired) electrons. The third kappa shape index (κ3) is 4.62. The van der Waals surface area contributed by atoms with E-state index in [-0.39, 0.29) is 17.6 Å². The first kappa shape index (κ1) is 16.1. The molecular weight excluding hydrogens is 333 g/mol. The van der Waals surface area contributed by atoms with E-state index in [2.05, 4.69) is 15.5 Å². The number of hydrogen-bond acceptors (Lipinski definition) is 5. The number of rotatable bonds is 5. The molecule has 112 valence electrons. The number of benzene rings is 1. The third-order valence-electron chi connectivity index (χ3n) is 2.45. The van der Waals surface area contributed by atoms with Gasteiger partial charge in [0, 0.05) is 10.9 Å². The summed E-state index contributed by atoms with van der Waals surface area (Å²) in [6.07, 6.45) is 0. The molecule has 0 saturated carbocycles. The molecule has 0 spiro atoms. The van der Waals surface area contributed by atoms with Gasteiger partial charge in [0.15, 0.2) is 0 Å². The van der Waals surface area contributed by atoms with Crippen molar-refractivity contribution in [2.75, 3.05) is 11.1 Å². The van der Waals surface area contributed by atoms with Gasteiger partial charge in [-0.05, 0) is 18.2 Å². The minimum Gasteiger partial charge on any atom is -0.416 e. The van der Waals surface area contributed by atoms with Crippen LogP contribution in [0.15, 0.2) is 27.8 Å². The number of halogens is 2. The maximum atomic E-state index is 11.9. The highest BCUT2D eigenvalue weighted by molar-refractivity contribution is 7.99. The summed E-state index contributed by atoms with van der Waals surface area (Å²) in [5.74, 6) is 0.652. The number of amides is 1. The minimum absolute atomic E-state index is 0.151. The van der Waals surface area contributed by atoms with Gasteiger partial charge in [-0.1, -0.05) is 48.8 Å². The maximum absolute atomic E-state index is 11.9. The van der Waals surface area contributed by atoms with Gasteiger partial charge in [-0.2, -0.15) is 0 Å². The van der Waals surface area contributed by atoms with Crippen LogP contribution in [0.5, 0.6) is 0 Å². The van der Waals surface area contributed by atoms with Crippen molar-refractivity contribution >= 4 is 46.6 Å². The molecule has 1 heterocycles. The van der Waals surface area contributed by atoms with E-state index in [0.29, 0.717) is 26.8 Å². The highest BCUT2D eigenvalue weighted by atomic mass is 35.5. The van der Waals surface area contributed by atoms with Crippen molar-refractivity contribution in [3.8, 4) is 0 Å². The molecule has 5 nitrogen and oxygen atoms in total. The molecule has 0 aliphatic heterocycles. The lowest BCUT2D eigenvalue weighted by Crippen LogP contribution is -2.14. The van der Waals surface area contributed by atoms with Crippen molar-refractivity contribution in [1.29, 1.82) is 0 Å². The predicted octanol–water partition coefficient (Wildman–Crippen LogP) is 4.23. The van der Waals surface area contributed by atoms with Gasteiger partial charge in [-0.3, -0.25) is 4.79 Å². The van der Waals surface area contributed by atoms with Gasteiger partial charge in [-0.25, -0.2) is 0 Å². The average Bonchev–Trinajstić information content (AvgIpc) is 2.89. The maximum Gasteiger partial charge on any atom is 0.277 e. The summed E-state index contributed by atoms with van der Waals surface area (Å²) in [6.45, 7) is 3.91. The molecule has 0 fully saturated rings. The minimum atomic E-state index is -0.214. The summed E-state index contributed by atoms with van der Waals surface area (Å²) in [6, 6.07) is 4.87. The first-order valence-corrected chi connectivity index (χ1v) is 7.91. The van der Waals surface area contributed by atoms with Gasteiger partial charge in [0.25, 0.3) is 5.22 Å². The second-order valence-electron chi connectivity index (χ2n) is 4.52. The lowest BCUT2D eigenvalue weighted by molar-refractivity contribution is -0.113. The number of anilines is 1. The Bertz CT molecular complexity index is 646. The fraction of sp³-hybridized carbons (Fsp3) is 0.308. The number of hydrogen-bond donors (Lipinski definition) is 1. The first-order valence-electron chi connectivity index (χ1n) is 6.17. The zero-order valence-electron chi connectivity index (χ0n) is 11.4. The molecule has 0 unspecified atom stereocenters. The van der Waals surface area contributed by atoms with Crippen molar-refractivity contribution in [3.63, 3.8) is 0 Å². The molecule has 8 heteroatoms. The summed E-state index contributed by atoms with van der Waals surface area (Å²) in [5, 5.41) is 11.7. The van der Waals surface area contributed by atoms with Crippen LogP contribution in [-0.2, 0) is 4.79 Å². The topological polar surface area (TPSA) is 68.0 Å². The Labute approximate surface area is 136 Å². The predicted molar refractivity (Wildman–Crippen MR) is 84.2 cm³/mol. The van der Waals surface area contributed by atoms with Crippen molar-refractivity contribution in [1.82, 2.24) is 10.2 Å². The van der Waals surface area contributed by atoms with Crippen molar-refractivity contribution < 1.29 is 9.21 Å². The molecule has 1 aromatic carbocycles. The molecular formula is C13H13Cl2N3O2S. The van der Waals surface area contributed by atoms with Crippen LogP contribution >= 0.6 is 35.0 Å². The zero-order chi connectivity index (χ0) is 15.4. The molecule has 21 heavy (non-hydrogen) atoms. The van der Waals surface area contributed by atoms with E-state index in [0.717, 1.165) is 0 Å². The standard InChI is InChI=1S/C13H13Cl2N3O2S/c1-7(2)12-17-18-13(20-12)21-6-11(19)16-10-4-3-8(14)5-9(10)15/h3-5,7H,6H2,1-2H3,(H,16,19). The van der Waals surface area contributed by atoms with E-state index in [1.165, 1.54) is 11.8 Å². The van der Waals surface area contributed by atoms with Gasteiger partial charge in [0.1, 0.15) is 0 Å². The fourth-order valence-electron chi connectivity index (χ4n) is 1.42. The fourth-order valence-corrected chi connectivity index (χ4v) is 2.44. The number of nitrogens with zero attached hydrogens (tertiary/aromatic N) is 2. The summed E-state index contributed by atoms with van der Waals surface area (Å²) in [5.41, 5.74) is 0.514. The molecule has 1 amide bonds. The molecule has 0 aliphatic carbocycles. The second kappa shape index (κ2) is 7.15. The van der Waals surface area contributed by atoms with Gasteiger partial charge < -0.3 is 9.73 Å². The summed E-state index contributed by atoms with van der Waals surface area (Å²) in [7, 11) is 0. The molecule has 0 bridgehead atoms. The Morgan fingerprint density at radius 3 is 2.76 bits per heavy atom. The van der Waals surface area contributed by atoms with Gasteiger partial charge in [0.2, 0.25) is 11.8 Å². The van der Waals surface area contributed by atoms with Crippen molar-refractivity contribution in [2.24, 2.45) is 0 Å². The van der Waals surface area contributed by atoms with Crippen molar-refractivity contribution in [3.05, 3.63) is 34.1 Å². The van der Waals surface area contributed by atoms with Gasteiger partial charge in [-0.15, -0.1) is 10.2 Å². The molecule has 0 atom stereocenters. The average molecular weight is 346 g/mol. The van der Waals surface area contributed by atoms with E-state index in [4.69, 9.17) is 27.6 Å². The van der Waals surface area contributed by atoms with Crippen LogP contribution < -0.4 is 5.32 Å². The van der Waals surface area contributed by atoms with Crippen LogP contribution in [0.3, 0.4) is 0 Å². The Morgan fingerprint density at radius 1 is 1.38 bits per heavy atom. The summed E-state index contributed by atoms with van der Waals surface area (Å²) >= 11 is 12.9. The molecule has 2 rings (SSSR count). The quantitative estimate of drug-likeness (QED) is 0.821. The molecule has 1 aromatic heterocycles. The number of nitrogens with one attached hydrogen (secondary N) is 1. The van der Waals surface area contributed by atoms with Crippen LogP contribution in [0.25, 0.3) is 0 Å². The van der Waals surface area contributed by atoms with E-state index >= 15 is 0 Å². The number of thioether (sulfide) groups is 1. The lowest BCUT2D eigenvalue weighted by Gasteiger charge is -2.06. The van der Waals surface area contributed by atoms with E-state index in [1.54, 1.807) is 18.2 Å². The van der Waals surface area contributed by atoms with Crippen LogP contribution in [0.2, 0.25) is 10.0 Å². The Kier molecular flexibility index (Phi) is 5.50. The lowest BCUT2D eigenvalue weighted by atomic mass is 10.2. The Morgan fingerprint density at radius 2 is 2.14 bits per heavy atom. The highest BCUT2D eigenvalue weighted by Crippen LogP contribution is 2.26. The second-order valence-corrected chi connectivity index (χ2v) is 6.29. The Hall–Kier alpha value is -1.24. The summed E-state index contributed by atoms with van der Waals surface area (Å²) in [4.78, 5) is 11.9. The zero-order valence-corrected chi connectivity index (χ0v) is 13.7. The van der Waals surface area contributed by atoms with Gasteiger partial charge in [0.05, 0.1) is 16.5 Å². The first-order chi connectivity index (χ1) is 9.95. The van der Waals surface area contributed by atoms with E-state index in [9.17, 15) is 4.79 Å². The Balaban J connectivity index is 1.89. The molecule has 1 N–H and O–H groups in total. The van der Waals surface area contributed by atoms with Gasteiger partial charge >= 0.3 is 0 Å². The number of aromatic nitrogens is 2. The SMILES string of the molecule is CC(C)c1nnc(SCC(=O)Nc2ccc(Cl)cc2Cl)o1. The smallest absolute Gasteiger partial charge is 0.277 e. The monoisotopic (exact) mass is 345 g/mol. The van der Waals surface area contributed by atoms with Crippen LogP contribution in [0, 0.1) is 0 Å². The van der Waals surface area contributed by atoms with Crippen LogP contribution in [0.4, 0.5) is 5.69 Å². The van der Waals surface area contributed by atoms with Crippen LogP contribution in [0.1, 0.15) is 25.7 Å². The molecule has 0 saturated heterocycles. The highest BCUT2D eigenvalue weighted by Gasteiger charge is 2.12. The number of carbonyl (C=O) groups excluding carboxylic acids is 1.